The van der Waals surface area contributed by atoms with Gasteiger partial charge in [-0.15, -0.1) is 0 Å². The highest BCUT2D eigenvalue weighted by atomic mass is 35.5. The van der Waals surface area contributed by atoms with Crippen molar-refractivity contribution in [1.29, 1.82) is 0 Å². The van der Waals surface area contributed by atoms with Crippen LogP contribution in [0.5, 0.6) is 0 Å². The lowest BCUT2D eigenvalue weighted by atomic mass is 9.98. The Morgan fingerprint density at radius 3 is 2.65 bits per heavy atom. The molecule has 0 spiro atoms. The number of hydrogen-bond acceptors (Lipinski definition) is 4. The number of amides is 2. The number of hydrogen-bond donors (Lipinski definition) is 1. The molecule has 7 nitrogen and oxygen atoms in total. The van der Waals surface area contributed by atoms with Crippen LogP contribution in [0.25, 0.3) is 0 Å². The van der Waals surface area contributed by atoms with Crippen molar-refractivity contribution in [1.82, 2.24) is 4.31 Å². The number of carbonyl (C=O) groups is 2. The first-order chi connectivity index (χ1) is 12.3. The van der Waals surface area contributed by atoms with Crippen molar-refractivity contribution in [3.8, 4) is 0 Å². The molecule has 0 aliphatic carbocycles. The van der Waals surface area contributed by atoms with Crippen LogP contribution in [0, 0.1) is 5.92 Å². The Kier molecular flexibility index (Phi) is 5.55. The molecule has 1 aromatic carbocycles. The van der Waals surface area contributed by atoms with Crippen LogP contribution < -0.4 is 10.2 Å². The summed E-state index contributed by atoms with van der Waals surface area (Å²) in [6.45, 7) is 1.29. The number of halogens is 1. The van der Waals surface area contributed by atoms with Gasteiger partial charge in [-0.2, -0.15) is 0 Å². The van der Waals surface area contributed by atoms with E-state index in [0.29, 0.717) is 48.7 Å². The van der Waals surface area contributed by atoms with Gasteiger partial charge in [-0.25, -0.2) is 12.7 Å². The minimum Gasteiger partial charge on any atom is -0.326 e. The van der Waals surface area contributed by atoms with E-state index in [1.54, 1.807) is 23.1 Å². The average molecular weight is 400 g/mol. The molecule has 0 saturated carbocycles. The lowest BCUT2D eigenvalue weighted by Gasteiger charge is -2.30. The van der Waals surface area contributed by atoms with Crippen molar-refractivity contribution >= 4 is 44.8 Å². The van der Waals surface area contributed by atoms with Crippen LogP contribution >= 0.6 is 11.6 Å². The molecule has 1 aromatic rings. The molecular weight excluding hydrogens is 378 g/mol. The van der Waals surface area contributed by atoms with Gasteiger partial charge < -0.3 is 10.2 Å². The molecule has 142 valence electrons. The molecule has 1 atom stereocenters. The molecular formula is C17H22ClN3O4S. The zero-order valence-corrected chi connectivity index (χ0v) is 16.1. The predicted octanol–water partition coefficient (Wildman–Crippen LogP) is 2.08. The van der Waals surface area contributed by atoms with E-state index in [2.05, 4.69) is 5.32 Å². The monoisotopic (exact) mass is 399 g/mol. The second-order valence-corrected chi connectivity index (χ2v) is 9.15. The minimum absolute atomic E-state index is 0.0479. The Bertz CT molecular complexity index is 827. The number of nitrogens with zero attached hydrogens (tertiary/aromatic N) is 2. The lowest BCUT2D eigenvalue weighted by molar-refractivity contribution is -0.121. The van der Waals surface area contributed by atoms with Gasteiger partial charge in [-0.3, -0.25) is 9.59 Å². The minimum atomic E-state index is -3.30. The van der Waals surface area contributed by atoms with Crippen molar-refractivity contribution in [3.05, 3.63) is 23.2 Å². The Hall–Kier alpha value is -1.64. The third-order valence-electron chi connectivity index (χ3n) is 4.80. The van der Waals surface area contributed by atoms with Crippen LogP contribution in [0.15, 0.2) is 18.2 Å². The molecule has 1 unspecified atom stereocenters. The summed E-state index contributed by atoms with van der Waals surface area (Å²) in [7, 11) is -3.30. The average Bonchev–Trinajstić information content (AvgIpc) is 3.00. The number of sulfonamides is 1. The second kappa shape index (κ2) is 7.54. The first-order valence-corrected chi connectivity index (χ1v) is 10.8. The van der Waals surface area contributed by atoms with Crippen LogP contribution in [-0.2, 0) is 19.6 Å². The summed E-state index contributed by atoms with van der Waals surface area (Å²) in [6, 6.07) is 5.06. The standard InChI is InChI=1S/C17H22ClN3O4S/c1-26(24,25)20-8-2-4-12(11-20)17(23)19-13-6-7-15(14(18)10-13)21-9-3-5-16(21)22/h6-7,10,12H,2-5,8-9,11H2,1H3,(H,19,23). The zero-order valence-electron chi connectivity index (χ0n) is 14.6. The van der Waals surface area contributed by atoms with Crippen LogP contribution in [0.1, 0.15) is 25.7 Å². The molecule has 2 aliphatic heterocycles. The van der Waals surface area contributed by atoms with Gasteiger partial charge in [0, 0.05) is 31.7 Å². The van der Waals surface area contributed by atoms with Crippen LogP contribution in [0.4, 0.5) is 11.4 Å². The third kappa shape index (κ3) is 4.19. The number of anilines is 2. The Morgan fingerprint density at radius 1 is 1.27 bits per heavy atom. The van der Waals surface area contributed by atoms with E-state index in [1.165, 1.54) is 4.31 Å². The number of rotatable bonds is 4. The van der Waals surface area contributed by atoms with E-state index in [-0.39, 0.29) is 18.4 Å². The molecule has 9 heteroatoms. The summed E-state index contributed by atoms with van der Waals surface area (Å²) < 4.78 is 24.7. The Morgan fingerprint density at radius 2 is 2.04 bits per heavy atom. The van der Waals surface area contributed by atoms with Gasteiger partial charge in [0.15, 0.2) is 0 Å². The van der Waals surface area contributed by atoms with Crippen LogP contribution in [-0.4, -0.2) is 50.4 Å². The van der Waals surface area contributed by atoms with Gasteiger partial charge >= 0.3 is 0 Å². The number of carbonyl (C=O) groups excluding carboxylic acids is 2. The lowest BCUT2D eigenvalue weighted by Crippen LogP contribution is -2.43. The topological polar surface area (TPSA) is 86.8 Å². The fourth-order valence-electron chi connectivity index (χ4n) is 3.41. The van der Waals surface area contributed by atoms with Gasteiger partial charge in [0.2, 0.25) is 21.8 Å². The van der Waals surface area contributed by atoms with Crippen molar-refractivity contribution in [3.63, 3.8) is 0 Å². The van der Waals surface area contributed by atoms with E-state index in [0.717, 1.165) is 12.7 Å². The number of benzene rings is 1. The molecule has 2 amide bonds. The van der Waals surface area contributed by atoms with Gasteiger partial charge in [0.1, 0.15) is 0 Å². The summed E-state index contributed by atoms with van der Waals surface area (Å²) in [5.74, 6) is -0.566. The van der Waals surface area contributed by atoms with Crippen LogP contribution in [0.2, 0.25) is 5.02 Å². The van der Waals surface area contributed by atoms with Gasteiger partial charge in [-0.05, 0) is 37.5 Å². The fourth-order valence-corrected chi connectivity index (χ4v) is 4.60. The summed E-state index contributed by atoms with van der Waals surface area (Å²) in [6.07, 6.45) is 3.79. The first-order valence-electron chi connectivity index (χ1n) is 8.61. The van der Waals surface area contributed by atoms with E-state index in [4.69, 9.17) is 11.6 Å². The molecule has 0 aromatic heterocycles. The normalized spacial score (nSPS) is 21.8. The molecule has 0 bridgehead atoms. The Labute approximate surface area is 158 Å². The first kappa shape index (κ1) is 19.1. The Balaban J connectivity index is 1.68. The predicted molar refractivity (Wildman–Crippen MR) is 101 cm³/mol. The quantitative estimate of drug-likeness (QED) is 0.839. The van der Waals surface area contributed by atoms with Gasteiger partial charge in [0.25, 0.3) is 0 Å². The van der Waals surface area contributed by atoms with Crippen molar-refractivity contribution < 1.29 is 18.0 Å². The van der Waals surface area contributed by atoms with Crippen LogP contribution in [0.3, 0.4) is 0 Å². The number of nitrogens with one attached hydrogen (secondary N) is 1. The molecule has 2 fully saturated rings. The largest absolute Gasteiger partial charge is 0.326 e. The third-order valence-corrected chi connectivity index (χ3v) is 6.38. The van der Waals surface area contributed by atoms with Crippen molar-refractivity contribution in [2.45, 2.75) is 25.7 Å². The van der Waals surface area contributed by atoms with Crippen molar-refractivity contribution in [2.75, 3.05) is 36.1 Å². The molecule has 26 heavy (non-hydrogen) atoms. The highest BCUT2D eigenvalue weighted by molar-refractivity contribution is 7.88. The molecule has 0 radical (unpaired) electrons. The van der Waals surface area contributed by atoms with Gasteiger partial charge in [-0.1, -0.05) is 11.6 Å². The molecule has 2 saturated heterocycles. The molecule has 3 rings (SSSR count). The smallest absolute Gasteiger partial charge is 0.228 e. The summed E-state index contributed by atoms with van der Waals surface area (Å²) in [5, 5.41) is 3.21. The summed E-state index contributed by atoms with van der Waals surface area (Å²) >= 11 is 6.29. The highest BCUT2D eigenvalue weighted by Gasteiger charge is 2.30. The molecule has 2 aliphatic rings. The molecule has 1 N–H and O–H groups in total. The second-order valence-electron chi connectivity index (χ2n) is 6.76. The van der Waals surface area contributed by atoms with E-state index in [9.17, 15) is 18.0 Å². The summed E-state index contributed by atoms with van der Waals surface area (Å²) in [4.78, 5) is 26.0. The number of piperidine rings is 1. The van der Waals surface area contributed by atoms with E-state index >= 15 is 0 Å². The highest BCUT2D eigenvalue weighted by Crippen LogP contribution is 2.32. The maximum absolute atomic E-state index is 12.5. The van der Waals surface area contributed by atoms with Gasteiger partial charge in [0.05, 0.1) is 22.9 Å². The molecule has 2 heterocycles. The van der Waals surface area contributed by atoms with E-state index < -0.39 is 15.9 Å². The maximum Gasteiger partial charge on any atom is 0.228 e. The summed E-state index contributed by atoms with van der Waals surface area (Å²) in [5.41, 5.74) is 1.18. The fraction of sp³-hybridized carbons (Fsp3) is 0.529. The van der Waals surface area contributed by atoms with E-state index in [1.807, 2.05) is 0 Å². The van der Waals surface area contributed by atoms with Crippen molar-refractivity contribution in [2.24, 2.45) is 5.92 Å². The zero-order chi connectivity index (χ0) is 18.9. The SMILES string of the molecule is CS(=O)(=O)N1CCCC(C(=O)Nc2ccc(N3CCCC3=O)c(Cl)c2)C1. The maximum atomic E-state index is 12.5.